The molecule has 1 heterocycles. The number of benzene rings is 3. The van der Waals surface area contributed by atoms with Crippen LogP contribution >= 0.6 is 0 Å². The zero-order valence-electron chi connectivity index (χ0n) is 36.5. The van der Waals surface area contributed by atoms with E-state index in [0.717, 1.165) is 31.6 Å². The lowest BCUT2D eigenvalue weighted by molar-refractivity contribution is 0.179. The van der Waals surface area contributed by atoms with Crippen molar-refractivity contribution in [2.45, 2.75) is 121 Å². The zero-order valence-corrected chi connectivity index (χ0v) is 36.5. The van der Waals surface area contributed by atoms with E-state index in [1.807, 2.05) is 0 Å². The van der Waals surface area contributed by atoms with Crippen LogP contribution in [0, 0.1) is 17.8 Å². The summed E-state index contributed by atoms with van der Waals surface area (Å²) < 4.78 is 2.67. The van der Waals surface area contributed by atoms with Gasteiger partial charge in [-0.3, -0.25) is 0 Å². The Morgan fingerprint density at radius 2 is 1.47 bits per heavy atom. The molecule has 0 fully saturated rings. The second kappa shape index (κ2) is 16.4. The van der Waals surface area contributed by atoms with Crippen LogP contribution in [-0.4, -0.2) is 21.6 Å². The molecule has 312 valence electrons. The Morgan fingerprint density at radius 1 is 0.613 bits per heavy atom. The van der Waals surface area contributed by atoms with Crippen LogP contribution < -0.4 is 0 Å². The van der Waals surface area contributed by atoms with Crippen molar-refractivity contribution in [2.24, 2.45) is 17.8 Å². The van der Waals surface area contributed by atoms with Gasteiger partial charge in [-0.2, -0.15) is 0 Å². The second-order valence-electron chi connectivity index (χ2n) is 19.6. The molecule has 8 aliphatic carbocycles. The van der Waals surface area contributed by atoms with Gasteiger partial charge in [-0.05, 0) is 189 Å². The van der Waals surface area contributed by atoms with E-state index in [9.17, 15) is 0 Å². The second-order valence-corrected chi connectivity index (χ2v) is 19.6. The lowest BCUT2D eigenvalue weighted by Crippen LogP contribution is -2.44. The third kappa shape index (κ3) is 6.84. The smallest absolute Gasteiger partial charge is 0.0540 e. The number of nitrogens with zero attached hydrogens (tertiary/aromatic N) is 2. The summed E-state index contributed by atoms with van der Waals surface area (Å²) >= 11 is 0. The fraction of sp³-hybridized carbons (Fsp3) is 0.367. The fourth-order valence-electron chi connectivity index (χ4n) is 13.1. The Hall–Kier alpha value is -5.34. The van der Waals surface area contributed by atoms with Crippen LogP contribution in [0.25, 0.3) is 45.6 Å². The van der Waals surface area contributed by atoms with Crippen molar-refractivity contribution in [2.75, 3.05) is 0 Å². The zero-order chi connectivity index (χ0) is 41.0. The van der Waals surface area contributed by atoms with E-state index < -0.39 is 0 Å². The first-order chi connectivity index (χ1) is 30.7. The van der Waals surface area contributed by atoms with Crippen LogP contribution in [0.4, 0.5) is 0 Å². The van der Waals surface area contributed by atoms with Gasteiger partial charge in [0, 0.05) is 46.4 Å². The van der Waals surface area contributed by atoms with Crippen LogP contribution in [0.2, 0.25) is 0 Å². The SMILES string of the molecule is C1=CCC(C2C=CC(N(C3=CCC(c4cc5c(c6c4C=CCC6)CCC=C5)C=C3)C3CC=C(C4CC=CCC4)CC3)CC2)C(n2c3c(c4cc5ccccc5cc42)CCC=C3)=C1. The molecule has 62 heavy (non-hydrogen) atoms. The summed E-state index contributed by atoms with van der Waals surface area (Å²) in [5.74, 6) is 2.15. The standard InChI is InChI=1S/C60H62N2/c1-2-14-41(15-3-1)42-26-32-48(33-27-42)61(50-36-30-44(31-37-50)56-39-47-18-6-7-19-51(47)53-21-8-9-22-54(53)56)49-34-28-43(29-35-49)52-20-10-12-24-58(52)62-59-25-13-11-23-55(59)57-38-45-16-4-5-17-46(45)40-60(57)62/h1-2,4-6,9-10,12-13,16-18,22,24-26,28,30,34,36-41,43-44,48-49,52H,3,7-8,11,14-15,19-21,23,27,29,31-33,35H2. The molecule has 12 rings (SSSR count). The van der Waals surface area contributed by atoms with E-state index in [0.29, 0.717) is 29.8 Å². The Bertz CT molecular complexity index is 2740. The van der Waals surface area contributed by atoms with Crippen molar-refractivity contribution < 1.29 is 0 Å². The van der Waals surface area contributed by atoms with Gasteiger partial charge in [0.25, 0.3) is 0 Å². The summed E-state index contributed by atoms with van der Waals surface area (Å²) in [6, 6.07) is 17.4. The lowest BCUT2D eigenvalue weighted by atomic mass is 9.76. The molecular formula is C60H62N2. The normalized spacial score (nSPS) is 27.5. The maximum Gasteiger partial charge on any atom is 0.0540 e. The highest BCUT2D eigenvalue weighted by molar-refractivity contribution is 6.02. The molecular weight excluding hydrogens is 749 g/mol. The van der Waals surface area contributed by atoms with Crippen LogP contribution in [0.5, 0.6) is 0 Å². The number of fused-ring (bicyclic) bond motifs is 7. The van der Waals surface area contributed by atoms with Crippen LogP contribution in [0.3, 0.4) is 0 Å². The molecule has 2 heteroatoms. The predicted molar refractivity (Wildman–Crippen MR) is 264 cm³/mol. The van der Waals surface area contributed by atoms with Gasteiger partial charge >= 0.3 is 0 Å². The number of hydrogen-bond donors (Lipinski definition) is 0. The number of hydrogen-bond acceptors (Lipinski definition) is 1. The van der Waals surface area contributed by atoms with Gasteiger partial charge in [0.15, 0.2) is 0 Å². The Kier molecular flexibility index (Phi) is 10.2. The summed E-state index contributed by atoms with van der Waals surface area (Å²) in [5.41, 5.74) is 16.8. The summed E-state index contributed by atoms with van der Waals surface area (Å²) in [6.07, 6.45) is 61.3. The topological polar surface area (TPSA) is 8.17 Å². The average molecular weight is 811 g/mol. The summed E-state index contributed by atoms with van der Waals surface area (Å²) in [5, 5.41) is 4.11. The first-order valence-electron chi connectivity index (χ1n) is 24.6. The summed E-state index contributed by atoms with van der Waals surface area (Å²) in [6.45, 7) is 0. The molecule has 6 atom stereocenters. The van der Waals surface area contributed by atoms with Crippen molar-refractivity contribution >= 4 is 45.6 Å². The monoisotopic (exact) mass is 810 g/mol. The first kappa shape index (κ1) is 38.3. The summed E-state index contributed by atoms with van der Waals surface area (Å²) in [4.78, 5) is 2.90. The number of allylic oxidation sites excluding steroid dienone is 14. The highest BCUT2D eigenvalue weighted by Gasteiger charge is 2.36. The van der Waals surface area contributed by atoms with Crippen molar-refractivity contribution in [3.05, 3.63) is 178 Å². The molecule has 2 nitrogen and oxygen atoms in total. The van der Waals surface area contributed by atoms with Gasteiger partial charge in [0.1, 0.15) is 0 Å². The highest BCUT2D eigenvalue weighted by Crippen LogP contribution is 2.46. The quantitative estimate of drug-likeness (QED) is 0.169. The van der Waals surface area contributed by atoms with Crippen LogP contribution in [0.1, 0.15) is 128 Å². The van der Waals surface area contributed by atoms with E-state index in [1.165, 1.54) is 138 Å². The average Bonchev–Trinajstić information content (AvgIpc) is 3.67. The Morgan fingerprint density at radius 3 is 2.27 bits per heavy atom. The minimum Gasteiger partial charge on any atom is -0.362 e. The molecule has 0 N–H and O–H groups in total. The molecule has 0 aliphatic heterocycles. The number of aromatic nitrogens is 1. The summed E-state index contributed by atoms with van der Waals surface area (Å²) in [7, 11) is 0. The van der Waals surface area contributed by atoms with Gasteiger partial charge in [0.05, 0.1) is 5.52 Å². The predicted octanol–water partition coefficient (Wildman–Crippen LogP) is 15.2. The fourth-order valence-corrected chi connectivity index (χ4v) is 13.1. The van der Waals surface area contributed by atoms with Crippen molar-refractivity contribution in [3.8, 4) is 0 Å². The van der Waals surface area contributed by atoms with E-state index in [2.05, 4.69) is 155 Å². The molecule has 4 aromatic rings. The minimum absolute atomic E-state index is 0.418. The molecule has 8 aliphatic rings. The van der Waals surface area contributed by atoms with Crippen LogP contribution in [-0.2, 0) is 19.3 Å². The molecule has 0 bridgehead atoms. The molecule has 0 saturated heterocycles. The maximum absolute atomic E-state index is 2.90. The van der Waals surface area contributed by atoms with Gasteiger partial charge in [-0.15, -0.1) is 0 Å². The molecule has 0 amide bonds. The highest BCUT2D eigenvalue weighted by atomic mass is 15.2. The van der Waals surface area contributed by atoms with Gasteiger partial charge in [0.2, 0.25) is 0 Å². The van der Waals surface area contributed by atoms with E-state index in [4.69, 9.17) is 0 Å². The van der Waals surface area contributed by atoms with E-state index in [1.54, 1.807) is 16.7 Å². The molecule has 0 saturated carbocycles. The Balaban J connectivity index is 0.852. The van der Waals surface area contributed by atoms with Crippen molar-refractivity contribution in [1.29, 1.82) is 0 Å². The third-order valence-electron chi connectivity index (χ3n) is 16.2. The Labute approximate surface area is 369 Å². The van der Waals surface area contributed by atoms with E-state index >= 15 is 0 Å². The molecule has 3 aromatic carbocycles. The molecule has 0 radical (unpaired) electrons. The largest absolute Gasteiger partial charge is 0.362 e. The van der Waals surface area contributed by atoms with Crippen molar-refractivity contribution in [1.82, 2.24) is 9.47 Å². The lowest BCUT2D eigenvalue weighted by Gasteiger charge is -2.44. The third-order valence-corrected chi connectivity index (χ3v) is 16.2. The minimum atomic E-state index is 0.418. The molecule has 6 unspecified atom stereocenters. The maximum atomic E-state index is 2.90. The van der Waals surface area contributed by atoms with Gasteiger partial charge in [-0.25, -0.2) is 0 Å². The van der Waals surface area contributed by atoms with Gasteiger partial charge < -0.3 is 9.47 Å². The molecule has 1 aromatic heterocycles. The van der Waals surface area contributed by atoms with Crippen molar-refractivity contribution in [3.63, 3.8) is 0 Å². The number of aryl methyl sites for hydroxylation is 1. The molecule has 0 spiro atoms. The van der Waals surface area contributed by atoms with Crippen LogP contribution in [0.15, 0.2) is 139 Å². The number of rotatable bonds is 7. The first-order valence-corrected chi connectivity index (χ1v) is 24.6. The van der Waals surface area contributed by atoms with Gasteiger partial charge in [-0.1, -0.05) is 121 Å². The van der Waals surface area contributed by atoms with E-state index in [-0.39, 0.29) is 0 Å².